The van der Waals surface area contributed by atoms with E-state index >= 15 is 0 Å². The number of nitrogen functional groups attached to an aromatic ring is 1. The SMILES string of the molecule is C=C[Si]1(C)O[Si](C)(C=C)O[Si](C)(C=C)O[Si](C)(C=C)O1.C=Cc1ccc2c(=C3SC=CS3)c3ccccc3c(=C3SC=CS3)c2c1.C=Cc1ccc2c(c1)C(=O)c1ccccc1C2=O.COP(=O)(OC)C1SC=CS1.Nc1ccc2c(c1)C(=O)c1ccccc1C2=O.O=C1c2ccccc2C(=O)c2cc(I)ccc21.[CH2-]CCC.[Li+]. The molecule has 0 amide bonds. The van der Waals surface area contributed by atoms with Crippen LogP contribution in [-0.4, -0.2) is 87.5 Å². The zero-order valence-corrected chi connectivity index (χ0v) is 76.1. The molecule has 9 aromatic carbocycles. The van der Waals surface area contributed by atoms with E-state index in [2.05, 4.69) is 140 Å². The monoisotopic (exact) mass is 1820 g/mol. The zero-order chi connectivity index (χ0) is 81.6. The average Bonchev–Trinajstić information content (AvgIpc) is 1.20. The van der Waals surface area contributed by atoms with Crippen LogP contribution in [0.1, 0.15) is 126 Å². The van der Waals surface area contributed by atoms with Crippen LogP contribution >= 0.6 is 101 Å². The average molecular weight is 1820 g/mol. The first kappa shape index (κ1) is 90.9. The fourth-order valence-corrected chi connectivity index (χ4v) is 39.1. The van der Waals surface area contributed by atoms with Gasteiger partial charge in [-0.3, -0.25) is 33.3 Å². The van der Waals surface area contributed by atoms with E-state index in [-0.39, 0.29) is 57.9 Å². The van der Waals surface area contributed by atoms with E-state index in [1.54, 1.807) is 150 Å². The fourth-order valence-electron chi connectivity index (χ4n) is 12.5. The van der Waals surface area contributed by atoms with Crippen LogP contribution in [0.4, 0.5) is 5.69 Å². The van der Waals surface area contributed by atoms with Crippen molar-refractivity contribution in [1.29, 1.82) is 0 Å². The Hall–Kier alpha value is -7.00. The molecule has 1 saturated heterocycles. The summed E-state index contributed by atoms with van der Waals surface area (Å²) in [6.45, 7) is 36.5. The maximum absolute atomic E-state index is 12.3. The number of unbranched alkanes of at least 4 members (excludes halogenated alkanes) is 1. The topological polar surface area (TPSA) is 201 Å². The van der Waals surface area contributed by atoms with Crippen molar-refractivity contribution in [2.75, 3.05) is 20.0 Å². The maximum Gasteiger partial charge on any atom is 1.00 e. The minimum atomic E-state index is -2.87. The van der Waals surface area contributed by atoms with Crippen molar-refractivity contribution in [3.63, 3.8) is 0 Å². The molecule has 0 unspecified atom stereocenters. The smallest absolute Gasteiger partial charge is 0.410 e. The van der Waals surface area contributed by atoms with Crippen LogP contribution in [0.3, 0.4) is 0 Å². The molecule has 114 heavy (non-hydrogen) atoms. The Balaban J connectivity index is 0.000000157. The van der Waals surface area contributed by atoms with E-state index in [1.807, 2.05) is 96.2 Å². The molecule has 0 radical (unpaired) electrons. The molecule has 0 aromatic heterocycles. The fraction of sp³-hybridized carbons (Fsp3) is 0.115. The van der Waals surface area contributed by atoms with Gasteiger partial charge in [0.25, 0.3) is 0 Å². The van der Waals surface area contributed by atoms with Gasteiger partial charge in [0.2, 0.25) is 0 Å². The summed E-state index contributed by atoms with van der Waals surface area (Å²) in [5.74, 6) is -0.558. The summed E-state index contributed by atoms with van der Waals surface area (Å²) >= 11 is 12.4. The van der Waals surface area contributed by atoms with Gasteiger partial charge in [0, 0.05) is 101 Å². The van der Waals surface area contributed by atoms with E-state index in [9.17, 15) is 33.3 Å². The van der Waals surface area contributed by atoms with Gasteiger partial charge in [-0.05, 0) is 168 Å². The first-order valence-corrected chi connectivity index (χ1v) is 53.0. The number of anilines is 1. The Kier molecular flexibility index (Phi) is 32.3. The number of halogens is 1. The molecule has 1 fully saturated rings. The van der Waals surface area contributed by atoms with Gasteiger partial charge >= 0.3 is 60.7 Å². The summed E-state index contributed by atoms with van der Waals surface area (Å²) in [5.41, 5.74) is 20.8. The van der Waals surface area contributed by atoms with Crippen molar-refractivity contribution in [2.24, 2.45) is 0 Å². The van der Waals surface area contributed by atoms with Crippen molar-refractivity contribution < 1.29 is 77.7 Å². The van der Waals surface area contributed by atoms with Crippen molar-refractivity contribution in [2.45, 2.75) is 50.3 Å². The predicted octanol–water partition coefficient (Wildman–Crippen LogP) is 19.5. The molecule has 4 aliphatic heterocycles. The van der Waals surface area contributed by atoms with E-state index in [4.69, 9.17) is 31.2 Å². The molecular weight excluding hydrogens is 1740 g/mol. The Labute approximate surface area is 721 Å². The van der Waals surface area contributed by atoms with Crippen LogP contribution < -0.4 is 35.0 Å². The summed E-state index contributed by atoms with van der Waals surface area (Å²) in [6.07, 6.45) is 5.88. The van der Waals surface area contributed by atoms with Gasteiger partial charge in [-0.15, -0.1) is 49.8 Å². The standard InChI is InChI=1S/C22H14S4.C16H10O2.C14H7IO2.C14H9NO2.C12H24O4Si4.C5H9O3PS2.C4H9.Li/c1-2-14-7-8-17-18(13-14)20(22-25-11-12-26-22)16-6-4-3-5-15(16)19(17)21-23-9-10-24-21;1-2-10-7-8-13-14(9-10)16(18)12-6-4-3-5-11(12)15(13)17;2*15-8-5-6-11-12(7-8)14(17)10-4-2-1-3-9(10)13(11)16;1-9-17(5)13-18(6,10-2)15-20(8,12-4)16-19(7,11-3)14-17;1-7-9(6,8-2)5-10-3-4-11-5;1-3-4-2;/h2-13H,1H2;2-9H,1H2;1-7H;1-7H,15H2;9-12H,1-4H2,5-8H3;3-5H,1-2H3;1,3-4H2,2H3;/q;;;;;;-1;+1. The third-order valence-corrected chi connectivity index (χ3v) is 44.8. The molecule has 0 spiro atoms. The first-order chi connectivity index (χ1) is 54.2. The zero-order valence-electron chi connectivity index (χ0n) is 64.2. The Bertz CT molecular complexity index is 5420. The molecular formula is C87H82ILiNO13PS6Si4. The number of carbonyl (C=O) groups is 6. The van der Waals surface area contributed by atoms with Gasteiger partial charge in [0.05, 0.1) is 8.47 Å². The second kappa shape index (κ2) is 40.4. The molecule has 27 heteroatoms. The van der Waals surface area contributed by atoms with Crippen molar-refractivity contribution in [3.8, 4) is 0 Å². The molecule has 14 nitrogen and oxygen atoms in total. The molecule has 0 saturated carbocycles. The number of carbonyl (C=O) groups excluding carboxylic acids is 6. The van der Waals surface area contributed by atoms with Crippen LogP contribution in [0, 0.1) is 10.5 Å². The molecule has 4 heterocycles. The van der Waals surface area contributed by atoms with Gasteiger partial charge < -0.3 is 38.2 Å². The molecule has 3 aliphatic carbocycles. The summed E-state index contributed by atoms with van der Waals surface area (Å²) in [7, 11) is -10.4. The number of thioether (sulfide) groups is 6. The minimum absolute atomic E-state index is 0. The third kappa shape index (κ3) is 20.6. The second-order valence-corrected chi connectivity index (χ2v) is 49.7. The normalized spacial score (nSPS) is 19.9. The molecule has 578 valence electrons. The summed E-state index contributed by atoms with van der Waals surface area (Å²) in [4.78, 5) is 73.4. The van der Waals surface area contributed by atoms with Crippen molar-refractivity contribution in [1.82, 2.24) is 0 Å². The summed E-state index contributed by atoms with van der Waals surface area (Å²) < 4.78 is 49.8. The van der Waals surface area contributed by atoms with Crippen LogP contribution in [0.2, 0.25) is 26.2 Å². The molecule has 9 aromatic rings. The number of hydrogen-bond acceptors (Lipinski definition) is 20. The van der Waals surface area contributed by atoms with Gasteiger partial charge in [-0.2, -0.15) is 6.42 Å². The number of benzene rings is 9. The largest absolute Gasteiger partial charge is 1.00 e. The van der Waals surface area contributed by atoms with Gasteiger partial charge in [0.15, 0.2) is 39.0 Å². The predicted molar refractivity (Wildman–Crippen MR) is 494 cm³/mol. The maximum atomic E-state index is 12.3. The summed E-state index contributed by atoms with van der Waals surface area (Å²) in [6, 6.07) is 51.7. The molecule has 0 bridgehead atoms. The Morgan fingerprint density at radius 3 is 1.09 bits per heavy atom. The van der Waals surface area contributed by atoms with Gasteiger partial charge in [-0.1, -0.05) is 224 Å². The van der Waals surface area contributed by atoms with E-state index in [1.165, 1.54) is 84.6 Å². The number of ketones is 6. The quantitative estimate of drug-likeness (QED) is 0.0338. The van der Waals surface area contributed by atoms with Crippen molar-refractivity contribution in [3.05, 3.63) is 363 Å². The van der Waals surface area contributed by atoms with Gasteiger partial charge in [-0.25, -0.2) is 0 Å². The van der Waals surface area contributed by atoms with E-state index < -0.39 is 41.8 Å². The van der Waals surface area contributed by atoms with Crippen LogP contribution in [0.15, 0.2) is 265 Å². The number of nitrogens with two attached hydrogens (primary N) is 1. The molecule has 16 rings (SSSR count). The van der Waals surface area contributed by atoms with Crippen LogP contribution in [0.25, 0.3) is 42.2 Å². The minimum Gasteiger partial charge on any atom is -0.410 e. The van der Waals surface area contributed by atoms with E-state index in [0.717, 1.165) is 21.1 Å². The second-order valence-electron chi connectivity index (χ2n) is 25.9. The van der Waals surface area contributed by atoms with Crippen LogP contribution in [-0.2, 0) is 30.1 Å². The molecule has 0 atom stereocenters. The summed E-state index contributed by atoms with van der Waals surface area (Å²) in [5, 5.41) is 20.5. The van der Waals surface area contributed by atoms with E-state index in [0.29, 0.717) is 72.4 Å². The molecule has 2 N–H and O–H groups in total. The molecule has 7 aliphatic rings. The number of rotatable bonds is 10. The van der Waals surface area contributed by atoms with Gasteiger partial charge in [0.1, 0.15) is 0 Å². The third-order valence-electron chi connectivity index (χ3n) is 18.2. The first-order valence-electron chi connectivity index (χ1n) is 35.3. The van der Waals surface area contributed by atoms with Crippen molar-refractivity contribution >= 4 is 218 Å². The Morgan fingerprint density at radius 1 is 0.430 bits per heavy atom. The Morgan fingerprint density at radius 2 is 0.728 bits per heavy atom. The van der Waals surface area contributed by atoms with Crippen LogP contribution in [0.5, 0.6) is 0 Å². The number of fused-ring (bicyclic) bond motifs is 8. The number of hydrogen-bond donors (Lipinski definition) is 1.